The van der Waals surface area contributed by atoms with Crippen LogP contribution >= 0.6 is 0 Å². The Morgan fingerprint density at radius 3 is 2.91 bits per heavy atom. The van der Waals surface area contributed by atoms with E-state index in [9.17, 15) is 9.90 Å². The fraction of sp³-hybridized carbons (Fsp3) is 0.562. The molecule has 1 aromatic carbocycles. The monoisotopic (exact) mass is 308 g/mol. The molecule has 2 N–H and O–H groups in total. The lowest BCUT2D eigenvalue weighted by Gasteiger charge is -2.35. The molecule has 0 bridgehead atoms. The Morgan fingerprint density at radius 1 is 1.50 bits per heavy atom. The van der Waals surface area contributed by atoms with Gasteiger partial charge in [0.15, 0.2) is 0 Å². The Kier molecular flexibility index (Phi) is 5.63. The molecule has 1 heterocycles. The number of ether oxygens (including phenoxy) is 2. The van der Waals surface area contributed by atoms with E-state index in [0.717, 1.165) is 6.42 Å². The van der Waals surface area contributed by atoms with E-state index in [2.05, 4.69) is 5.32 Å². The van der Waals surface area contributed by atoms with E-state index in [1.165, 1.54) is 4.90 Å². The van der Waals surface area contributed by atoms with Crippen LogP contribution in [0.1, 0.15) is 19.8 Å². The summed E-state index contributed by atoms with van der Waals surface area (Å²) in [6.45, 7) is 3.40. The van der Waals surface area contributed by atoms with Crippen molar-refractivity contribution in [2.24, 2.45) is 0 Å². The van der Waals surface area contributed by atoms with Gasteiger partial charge in [0.2, 0.25) is 0 Å². The number of rotatable bonds is 6. The maximum absolute atomic E-state index is 12.5. The first-order chi connectivity index (χ1) is 10.6. The third-order valence-electron chi connectivity index (χ3n) is 3.98. The summed E-state index contributed by atoms with van der Waals surface area (Å²) in [4.78, 5) is 14.0. The molecule has 0 spiro atoms. The molecule has 1 atom stereocenters. The van der Waals surface area contributed by atoms with E-state index >= 15 is 0 Å². The molecule has 6 nitrogen and oxygen atoms in total. The largest absolute Gasteiger partial charge is 0.491 e. The number of nitrogens with zero attached hydrogens (tertiary/aromatic N) is 1. The van der Waals surface area contributed by atoms with Crippen molar-refractivity contribution in [2.45, 2.75) is 25.3 Å². The summed E-state index contributed by atoms with van der Waals surface area (Å²) in [6, 6.07) is 7.05. The van der Waals surface area contributed by atoms with Crippen molar-refractivity contribution in [3.8, 4) is 5.75 Å². The molecular formula is C16H24N2O4. The Labute approximate surface area is 131 Å². The topological polar surface area (TPSA) is 71.0 Å². The van der Waals surface area contributed by atoms with E-state index in [1.807, 2.05) is 25.1 Å². The predicted octanol–water partition coefficient (Wildman–Crippen LogP) is 2.09. The van der Waals surface area contributed by atoms with Crippen molar-refractivity contribution in [2.75, 3.05) is 38.8 Å². The van der Waals surface area contributed by atoms with Gasteiger partial charge in [-0.2, -0.15) is 0 Å². The lowest BCUT2D eigenvalue weighted by molar-refractivity contribution is 0.0603. The van der Waals surface area contributed by atoms with Crippen molar-refractivity contribution >= 4 is 11.7 Å². The number of nitrogens with one attached hydrogen (secondary N) is 1. The van der Waals surface area contributed by atoms with Gasteiger partial charge in [-0.05, 0) is 25.0 Å². The molecule has 1 aliphatic heterocycles. The third kappa shape index (κ3) is 3.51. The number of amides is 2. The van der Waals surface area contributed by atoms with Gasteiger partial charge in [0.25, 0.3) is 0 Å². The Morgan fingerprint density at radius 2 is 2.27 bits per heavy atom. The fourth-order valence-electron chi connectivity index (χ4n) is 2.41. The highest BCUT2D eigenvalue weighted by Crippen LogP contribution is 2.28. The maximum Gasteiger partial charge on any atom is 0.322 e. The summed E-state index contributed by atoms with van der Waals surface area (Å²) in [7, 11) is 1.68. The molecular weight excluding hydrogens is 284 g/mol. The third-order valence-corrected chi connectivity index (χ3v) is 3.98. The summed E-state index contributed by atoms with van der Waals surface area (Å²) >= 11 is 0. The van der Waals surface area contributed by atoms with Crippen LogP contribution in [0.3, 0.4) is 0 Å². The SMILES string of the molecule is CCCOc1ccccc1NC(=O)N(C)C1(CO)CCOC1. The number of aliphatic hydroxyl groups excluding tert-OH is 1. The number of hydrogen-bond acceptors (Lipinski definition) is 4. The molecule has 122 valence electrons. The van der Waals surface area contributed by atoms with Crippen LogP contribution in [-0.2, 0) is 4.74 Å². The van der Waals surface area contributed by atoms with E-state index in [1.54, 1.807) is 13.1 Å². The summed E-state index contributed by atoms with van der Waals surface area (Å²) in [5.41, 5.74) is -0.0247. The predicted molar refractivity (Wildman–Crippen MR) is 84.3 cm³/mol. The second-order valence-electron chi connectivity index (χ2n) is 5.52. The van der Waals surface area contributed by atoms with Crippen molar-refractivity contribution in [3.63, 3.8) is 0 Å². The number of hydrogen-bond donors (Lipinski definition) is 2. The van der Waals surface area contributed by atoms with Crippen LogP contribution < -0.4 is 10.1 Å². The second kappa shape index (κ2) is 7.47. The van der Waals surface area contributed by atoms with Crippen LogP contribution in [0.5, 0.6) is 5.75 Å². The average Bonchev–Trinajstić information content (AvgIpc) is 3.03. The standard InChI is InChI=1S/C16H24N2O4/c1-3-9-22-14-7-5-4-6-13(14)17-15(20)18(2)16(11-19)8-10-21-12-16/h4-7,19H,3,8-12H2,1-2H3,(H,17,20). The van der Waals surface area contributed by atoms with Crippen molar-refractivity contribution in [3.05, 3.63) is 24.3 Å². The van der Waals surface area contributed by atoms with Crippen LogP contribution in [0, 0.1) is 0 Å². The molecule has 1 unspecified atom stereocenters. The zero-order valence-electron chi connectivity index (χ0n) is 13.2. The van der Waals surface area contributed by atoms with Gasteiger partial charge < -0.3 is 24.8 Å². The van der Waals surface area contributed by atoms with Crippen molar-refractivity contribution in [1.82, 2.24) is 4.90 Å². The van der Waals surface area contributed by atoms with Crippen LogP contribution in [0.15, 0.2) is 24.3 Å². The van der Waals surface area contributed by atoms with Gasteiger partial charge in [0.1, 0.15) is 5.75 Å². The first kappa shape index (κ1) is 16.6. The molecule has 0 radical (unpaired) electrons. The number of carbonyl (C=O) groups is 1. The van der Waals surface area contributed by atoms with Gasteiger partial charge in [-0.25, -0.2) is 4.79 Å². The molecule has 1 saturated heterocycles. The molecule has 0 saturated carbocycles. The molecule has 1 fully saturated rings. The zero-order valence-corrected chi connectivity index (χ0v) is 13.2. The van der Waals surface area contributed by atoms with E-state index in [4.69, 9.17) is 9.47 Å². The average molecular weight is 308 g/mol. The smallest absolute Gasteiger partial charge is 0.322 e. The highest BCUT2D eigenvalue weighted by molar-refractivity contribution is 5.91. The highest BCUT2D eigenvalue weighted by atomic mass is 16.5. The van der Waals surface area contributed by atoms with E-state index in [0.29, 0.717) is 37.7 Å². The zero-order chi connectivity index (χ0) is 16.0. The lowest BCUT2D eigenvalue weighted by Crippen LogP contribution is -2.54. The molecule has 6 heteroatoms. The summed E-state index contributed by atoms with van der Waals surface area (Å²) in [6.07, 6.45) is 1.52. The highest BCUT2D eigenvalue weighted by Gasteiger charge is 2.41. The Balaban J connectivity index is 2.08. The van der Waals surface area contributed by atoms with Crippen LogP contribution in [0.2, 0.25) is 0 Å². The van der Waals surface area contributed by atoms with Crippen LogP contribution in [0.4, 0.5) is 10.5 Å². The number of urea groups is 1. The van der Waals surface area contributed by atoms with E-state index in [-0.39, 0.29) is 12.6 Å². The number of para-hydroxylation sites is 2. The first-order valence-corrected chi connectivity index (χ1v) is 7.58. The minimum absolute atomic E-state index is 0.120. The summed E-state index contributed by atoms with van der Waals surface area (Å²) in [5.74, 6) is 0.645. The number of carbonyl (C=O) groups excluding carboxylic acids is 1. The quantitative estimate of drug-likeness (QED) is 0.844. The minimum atomic E-state index is -0.650. The van der Waals surface area contributed by atoms with E-state index < -0.39 is 5.54 Å². The van der Waals surface area contributed by atoms with Crippen molar-refractivity contribution < 1.29 is 19.4 Å². The van der Waals surface area contributed by atoms with Crippen LogP contribution in [0.25, 0.3) is 0 Å². The van der Waals surface area contributed by atoms with Crippen molar-refractivity contribution in [1.29, 1.82) is 0 Å². The maximum atomic E-state index is 12.5. The van der Waals surface area contributed by atoms with Gasteiger partial charge in [-0.1, -0.05) is 19.1 Å². The molecule has 2 rings (SSSR count). The number of aliphatic hydroxyl groups is 1. The Hall–Kier alpha value is -1.79. The minimum Gasteiger partial charge on any atom is -0.491 e. The number of anilines is 1. The first-order valence-electron chi connectivity index (χ1n) is 7.58. The second-order valence-corrected chi connectivity index (χ2v) is 5.52. The molecule has 1 aliphatic rings. The molecule has 1 aromatic rings. The van der Waals surface area contributed by atoms with Gasteiger partial charge in [0, 0.05) is 13.7 Å². The number of benzene rings is 1. The summed E-state index contributed by atoms with van der Waals surface area (Å²) in [5, 5.41) is 12.5. The van der Waals surface area contributed by atoms with Crippen LogP contribution in [-0.4, -0.2) is 55.1 Å². The van der Waals surface area contributed by atoms with Gasteiger partial charge in [-0.15, -0.1) is 0 Å². The fourth-order valence-corrected chi connectivity index (χ4v) is 2.41. The summed E-state index contributed by atoms with van der Waals surface area (Å²) < 4.78 is 11.0. The lowest BCUT2D eigenvalue weighted by atomic mass is 9.98. The molecule has 22 heavy (non-hydrogen) atoms. The van der Waals surface area contributed by atoms with Gasteiger partial charge >= 0.3 is 6.03 Å². The Bertz CT molecular complexity index is 501. The van der Waals surface area contributed by atoms with Gasteiger partial charge in [0.05, 0.1) is 31.0 Å². The van der Waals surface area contributed by atoms with Gasteiger partial charge in [-0.3, -0.25) is 0 Å². The number of likely N-dealkylation sites (N-methyl/N-ethyl adjacent to an activating group) is 1. The molecule has 0 aromatic heterocycles. The molecule has 0 aliphatic carbocycles. The molecule has 2 amide bonds. The normalized spacial score (nSPS) is 20.7.